The van der Waals surface area contributed by atoms with Gasteiger partial charge in [0.15, 0.2) is 0 Å². The fourth-order valence-corrected chi connectivity index (χ4v) is 1.68. The van der Waals surface area contributed by atoms with E-state index in [2.05, 4.69) is 10.4 Å². The first-order valence-corrected chi connectivity index (χ1v) is 5.41. The van der Waals surface area contributed by atoms with Crippen LogP contribution >= 0.6 is 0 Å². The van der Waals surface area contributed by atoms with Crippen LogP contribution in [0.4, 0.5) is 0 Å². The minimum atomic E-state index is -0.911. The molecule has 17 heavy (non-hydrogen) atoms. The van der Waals surface area contributed by atoms with Crippen LogP contribution in [0.5, 0.6) is 0 Å². The maximum Gasteiger partial charge on any atom is 0.323 e. The molecule has 0 aromatic carbocycles. The van der Waals surface area contributed by atoms with Gasteiger partial charge >= 0.3 is 5.97 Å². The summed E-state index contributed by atoms with van der Waals surface area (Å²) in [6.07, 6.45) is 0. The Bertz CT molecular complexity index is 401. The summed E-state index contributed by atoms with van der Waals surface area (Å²) >= 11 is 0. The zero-order chi connectivity index (χ0) is 13.0. The van der Waals surface area contributed by atoms with Gasteiger partial charge in [-0.2, -0.15) is 5.10 Å². The Morgan fingerprint density at radius 3 is 2.65 bits per heavy atom. The van der Waals surface area contributed by atoms with Gasteiger partial charge in [-0.1, -0.05) is 0 Å². The molecule has 0 aliphatic heterocycles. The van der Waals surface area contributed by atoms with E-state index in [1.165, 1.54) is 7.11 Å². The summed E-state index contributed by atoms with van der Waals surface area (Å²) in [6, 6.07) is -0.695. The third-order valence-electron chi connectivity index (χ3n) is 2.82. The third kappa shape index (κ3) is 3.28. The van der Waals surface area contributed by atoms with Gasteiger partial charge in [0, 0.05) is 32.0 Å². The molecule has 0 aliphatic rings. The Kier molecular flexibility index (Phi) is 4.65. The Labute approximate surface area is 101 Å². The first kappa shape index (κ1) is 13.7. The van der Waals surface area contributed by atoms with Crippen LogP contribution in [0.1, 0.15) is 17.0 Å². The summed E-state index contributed by atoms with van der Waals surface area (Å²) in [6.45, 7) is 4.50. The lowest BCUT2D eigenvalue weighted by Gasteiger charge is -2.13. The number of nitrogens with zero attached hydrogens (tertiary/aromatic N) is 2. The van der Waals surface area contributed by atoms with Crippen molar-refractivity contribution in [2.75, 3.05) is 13.7 Å². The number of aromatic nitrogens is 2. The minimum Gasteiger partial charge on any atom is -0.480 e. The van der Waals surface area contributed by atoms with E-state index in [0.717, 1.165) is 17.0 Å². The molecule has 1 aromatic rings. The maximum atomic E-state index is 10.9. The number of methoxy groups -OCH3 is 1. The smallest absolute Gasteiger partial charge is 0.323 e. The zero-order valence-corrected chi connectivity index (χ0v) is 10.6. The molecule has 0 bridgehead atoms. The summed E-state index contributed by atoms with van der Waals surface area (Å²) in [7, 11) is 3.36. The Hall–Kier alpha value is -1.40. The molecule has 6 heteroatoms. The molecule has 1 atom stereocenters. The van der Waals surface area contributed by atoms with E-state index in [4.69, 9.17) is 9.84 Å². The largest absolute Gasteiger partial charge is 0.480 e. The van der Waals surface area contributed by atoms with E-state index in [1.807, 2.05) is 20.9 Å². The standard InChI is InChI=1S/C11H19N3O3/c1-7-9(8(2)14(3)13-7)5-12-10(6-17-4)11(15)16/h10,12H,5-6H2,1-4H3,(H,15,16). The number of nitrogens with one attached hydrogen (secondary N) is 1. The minimum absolute atomic E-state index is 0.147. The normalized spacial score (nSPS) is 12.7. The van der Waals surface area contributed by atoms with Crippen molar-refractivity contribution in [2.24, 2.45) is 7.05 Å². The molecular weight excluding hydrogens is 222 g/mol. The average Bonchev–Trinajstić information content (AvgIpc) is 2.49. The van der Waals surface area contributed by atoms with Gasteiger partial charge < -0.3 is 9.84 Å². The molecule has 0 radical (unpaired) electrons. The molecule has 1 unspecified atom stereocenters. The number of ether oxygens (including phenoxy) is 1. The van der Waals surface area contributed by atoms with Crippen molar-refractivity contribution in [1.82, 2.24) is 15.1 Å². The van der Waals surface area contributed by atoms with Crippen molar-refractivity contribution in [2.45, 2.75) is 26.4 Å². The highest BCUT2D eigenvalue weighted by Gasteiger charge is 2.18. The predicted molar refractivity (Wildman–Crippen MR) is 62.8 cm³/mol. The summed E-state index contributed by atoms with van der Waals surface area (Å²) in [5, 5.41) is 16.2. The lowest BCUT2D eigenvalue weighted by atomic mass is 10.2. The monoisotopic (exact) mass is 241 g/mol. The number of carboxylic acid groups (broad SMARTS) is 1. The molecule has 0 fully saturated rings. The second kappa shape index (κ2) is 5.79. The van der Waals surface area contributed by atoms with Gasteiger partial charge in [0.05, 0.1) is 12.3 Å². The lowest BCUT2D eigenvalue weighted by molar-refractivity contribution is -0.140. The van der Waals surface area contributed by atoms with Crippen molar-refractivity contribution in [3.8, 4) is 0 Å². The van der Waals surface area contributed by atoms with Gasteiger partial charge in [0.2, 0.25) is 0 Å². The highest BCUT2D eigenvalue weighted by molar-refractivity contribution is 5.73. The molecule has 96 valence electrons. The highest BCUT2D eigenvalue weighted by Crippen LogP contribution is 2.11. The van der Waals surface area contributed by atoms with Crippen LogP contribution in [0.2, 0.25) is 0 Å². The molecule has 2 N–H and O–H groups in total. The topological polar surface area (TPSA) is 76.4 Å². The fraction of sp³-hybridized carbons (Fsp3) is 0.636. The number of carbonyl (C=O) groups is 1. The SMILES string of the molecule is COCC(NCc1c(C)nn(C)c1C)C(=O)O. The molecule has 1 rings (SSSR count). The van der Waals surface area contributed by atoms with Gasteiger partial charge in [0.1, 0.15) is 6.04 Å². The number of hydrogen-bond acceptors (Lipinski definition) is 4. The third-order valence-corrected chi connectivity index (χ3v) is 2.82. The first-order valence-electron chi connectivity index (χ1n) is 5.41. The van der Waals surface area contributed by atoms with Gasteiger partial charge in [-0.25, -0.2) is 0 Å². The van der Waals surface area contributed by atoms with E-state index in [0.29, 0.717) is 6.54 Å². The average molecular weight is 241 g/mol. The zero-order valence-electron chi connectivity index (χ0n) is 10.6. The van der Waals surface area contributed by atoms with Gasteiger partial charge in [-0.3, -0.25) is 14.8 Å². The van der Waals surface area contributed by atoms with Crippen molar-refractivity contribution < 1.29 is 14.6 Å². The van der Waals surface area contributed by atoms with Crippen LogP contribution < -0.4 is 5.32 Å². The number of rotatable bonds is 6. The van der Waals surface area contributed by atoms with Crippen LogP contribution in [0.15, 0.2) is 0 Å². The summed E-state index contributed by atoms with van der Waals surface area (Å²) < 4.78 is 6.65. The molecular formula is C11H19N3O3. The van der Waals surface area contributed by atoms with E-state index in [9.17, 15) is 4.79 Å². The molecule has 0 amide bonds. The highest BCUT2D eigenvalue weighted by atomic mass is 16.5. The molecule has 0 aliphatic carbocycles. The summed E-state index contributed by atoms with van der Waals surface area (Å²) in [4.78, 5) is 10.9. The molecule has 1 heterocycles. The van der Waals surface area contributed by atoms with Gasteiger partial charge in [-0.15, -0.1) is 0 Å². The van der Waals surface area contributed by atoms with Crippen molar-refractivity contribution in [3.05, 3.63) is 17.0 Å². The molecule has 0 saturated heterocycles. The van der Waals surface area contributed by atoms with E-state index in [1.54, 1.807) is 4.68 Å². The second-order valence-corrected chi connectivity index (χ2v) is 4.00. The number of aliphatic carboxylic acids is 1. The first-order chi connectivity index (χ1) is 7.97. The van der Waals surface area contributed by atoms with Gasteiger partial charge in [-0.05, 0) is 13.8 Å². The van der Waals surface area contributed by atoms with Crippen LogP contribution in [0.3, 0.4) is 0 Å². The number of aryl methyl sites for hydroxylation is 2. The van der Waals surface area contributed by atoms with Gasteiger partial charge in [0.25, 0.3) is 0 Å². The number of hydrogen-bond donors (Lipinski definition) is 2. The predicted octanol–water partition coefficient (Wildman–Crippen LogP) is 0.226. The summed E-state index contributed by atoms with van der Waals surface area (Å²) in [5.41, 5.74) is 2.99. The Balaban J connectivity index is 2.68. The molecule has 0 saturated carbocycles. The van der Waals surface area contributed by atoms with Crippen molar-refractivity contribution in [3.63, 3.8) is 0 Å². The van der Waals surface area contributed by atoms with Crippen LogP contribution in [-0.2, 0) is 23.1 Å². The van der Waals surface area contributed by atoms with Crippen molar-refractivity contribution >= 4 is 5.97 Å². The molecule has 0 spiro atoms. The summed E-state index contributed by atoms with van der Waals surface area (Å²) in [5.74, 6) is -0.911. The number of carboxylic acids is 1. The quantitative estimate of drug-likeness (QED) is 0.745. The second-order valence-electron chi connectivity index (χ2n) is 4.00. The Morgan fingerprint density at radius 2 is 2.24 bits per heavy atom. The van der Waals surface area contributed by atoms with Crippen LogP contribution in [0, 0.1) is 13.8 Å². The van der Waals surface area contributed by atoms with E-state index >= 15 is 0 Å². The maximum absolute atomic E-state index is 10.9. The van der Waals surface area contributed by atoms with E-state index < -0.39 is 12.0 Å². The van der Waals surface area contributed by atoms with E-state index in [-0.39, 0.29) is 6.61 Å². The molecule has 1 aromatic heterocycles. The molecule has 6 nitrogen and oxygen atoms in total. The lowest BCUT2D eigenvalue weighted by Crippen LogP contribution is -2.40. The van der Waals surface area contributed by atoms with Crippen LogP contribution in [0.25, 0.3) is 0 Å². The van der Waals surface area contributed by atoms with Crippen molar-refractivity contribution in [1.29, 1.82) is 0 Å². The van der Waals surface area contributed by atoms with Crippen LogP contribution in [-0.4, -0.2) is 40.6 Å². The Morgan fingerprint density at radius 1 is 1.59 bits per heavy atom. The fourth-order valence-electron chi connectivity index (χ4n) is 1.68.